The number of aromatic nitrogens is 5. The maximum absolute atomic E-state index is 12.2. The Bertz CT molecular complexity index is 1480. The van der Waals surface area contributed by atoms with Crippen molar-refractivity contribution in [3.63, 3.8) is 0 Å². The summed E-state index contributed by atoms with van der Waals surface area (Å²) in [5.41, 5.74) is 2.66. The normalized spacial score (nSPS) is 13.5. The molecule has 1 aliphatic carbocycles. The molecule has 5 aromatic rings. The van der Waals surface area contributed by atoms with Crippen LogP contribution in [0.1, 0.15) is 34.7 Å². The number of furan rings is 1. The number of aryl methyl sites for hydroxylation is 1. The summed E-state index contributed by atoms with van der Waals surface area (Å²) in [5, 5.41) is 18.0. The molecule has 0 spiro atoms. The van der Waals surface area contributed by atoms with Crippen LogP contribution in [0.2, 0.25) is 0 Å². The summed E-state index contributed by atoms with van der Waals surface area (Å²) in [5.74, 6) is 1.70. The summed E-state index contributed by atoms with van der Waals surface area (Å²) in [4.78, 5) is 16.6. The van der Waals surface area contributed by atoms with Gasteiger partial charge in [0, 0.05) is 23.0 Å². The molecule has 0 radical (unpaired) electrons. The summed E-state index contributed by atoms with van der Waals surface area (Å²) >= 11 is 0. The van der Waals surface area contributed by atoms with Crippen molar-refractivity contribution < 1.29 is 13.9 Å². The maximum Gasteiger partial charge on any atom is 0.253 e. The van der Waals surface area contributed by atoms with E-state index in [2.05, 4.69) is 25.6 Å². The Hall–Kier alpha value is -4.27. The number of carbonyl (C=O) groups excluding carboxylic acids is 1. The quantitative estimate of drug-likeness (QED) is 0.429. The second-order valence-corrected chi connectivity index (χ2v) is 8.13. The van der Waals surface area contributed by atoms with Gasteiger partial charge in [0.05, 0.1) is 16.8 Å². The van der Waals surface area contributed by atoms with E-state index in [1.165, 1.54) is 0 Å². The van der Waals surface area contributed by atoms with Crippen LogP contribution in [-0.4, -0.2) is 36.7 Å². The van der Waals surface area contributed by atoms with E-state index in [9.17, 15) is 4.79 Å². The highest BCUT2D eigenvalue weighted by Gasteiger charge is 2.24. The smallest absolute Gasteiger partial charge is 0.253 e. The van der Waals surface area contributed by atoms with Gasteiger partial charge in [-0.05, 0) is 44.0 Å². The molecule has 0 bridgehead atoms. The molecule has 9 heteroatoms. The number of nitrogens with zero attached hydrogens (tertiary/aromatic N) is 5. The zero-order chi connectivity index (χ0) is 22.4. The van der Waals surface area contributed by atoms with Gasteiger partial charge >= 0.3 is 0 Å². The van der Waals surface area contributed by atoms with Gasteiger partial charge in [0.25, 0.3) is 5.91 Å². The van der Waals surface area contributed by atoms with Gasteiger partial charge in [-0.2, -0.15) is 4.52 Å². The van der Waals surface area contributed by atoms with Gasteiger partial charge in [-0.1, -0.05) is 18.2 Å². The molecular formula is C24H20N6O3. The predicted molar refractivity (Wildman–Crippen MR) is 120 cm³/mol. The maximum atomic E-state index is 12.2. The lowest BCUT2D eigenvalue weighted by Gasteiger charge is -2.10. The van der Waals surface area contributed by atoms with Crippen LogP contribution in [0.25, 0.3) is 27.8 Å². The van der Waals surface area contributed by atoms with E-state index >= 15 is 0 Å². The Morgan fingerprint density at radius 1 is 1.18 bits per heavy atom. The minimum atomic E-state index is -0.0924. The first-order chi connectivity index (χ1) is 16.2. The Kier molecular flexibility index (Phi) is 4.53. The third-order valence-electron chi connectivity index (χ3n) is 5.57. The second-order valence-electron chi connectivity index (χ2n) is 8.13. The second kappa shape index (κ2) is 7.70. The number of pyridine rings is 1. The van der Waals surface area contributed by atoms with Crippen molar-refractivity contribution in [2.24, 2.45) is 0 Å². The number of nitrogens with one attached hydrogen (secondary N) is 1. The van der Waals surface area contributed by atoms with E-state index in [0.717, 1.165) is 34.9 Å². The van der Waals surface area contributed by atoms with E-state index in [4.69, 9.17) is 9.15 Å². The lowest BCUT2D eigenvalue weighted by Crippen LogP contribution is -2.25. The molecule has 0 unspecified atom stereocenters. The van der Waals surface area contributed by atoms with Crippen molar-refractivity contribution in [3.05, 3.63) is 71.9 Å². The third kappa shape index (κ3) is 3.67. The van der Waals surface area contributed by atoms with Crippen LogP contribution in [-0.2, 0) is 6.61 Å². The van der Waals surface area contributed by atoms with Crippen molar-refractivity contribution in [2.75, 3.05) is 0 Å². The van der Waals surface area contributed by atoms with Crippen molar-refractivity contribution in [1.82, 2.24) is 30.1 Å². The molecule has 9 nitrogen and oxygen atoms in total. The molecular weight excluding hydrogens is 420 g/mol. The fourth-order valence-electron chi connectivity index (χ4n) is 3.68. The minimum absolute atomic E-state index is 0.0924. The summed E-state index contributed by atoms with van der Waals surface area (Å²) in [6.07, 6.45) is 5.30. The van der Waals surface area contributed by atoms with Crippen molar-refractivity contribution >= 4 is 22.3 Å². The fourth-order valence-corrected chi connectivity index (χ4v) is 3.68. The Morgan fingerprint density at radius 3 is 2.76 bits per heavy atom. The summed E-state index contributed by atoms with van der Waals surface area (Å²) < 4.78 is 13.2. The first-order valence-corrected chi connectivity index (χ1v) is 10.7. The number of hydrogen-bond donors (Lipinski definition) is 1. The lowest BCUT2D eigenvalue weighted by atomic mass is 10.2. The molecule has 4 aromatic heterocycles. The van der Waals surface area contributed by atoms with Crippen molar-refractivity contribution in [1.29, 1.82) is 0 Å². The highest BCUT2D eigenvalue weighted by Crippen LogP contribution is 2.29. The Balaban J connectivity index is 1.31. The summed E-state index contributed by atoms with van der Waals surface area (Å²) in [7, 11) is 0. The van der Waals surface area contributed by atoms with Crippen LogP contribution < -0.4 is 10.1 Å². The van der Waals surface area contributed by atoms with Crippen LogP contribution in [0, 0.1) is 6.92 Å². The predicted octanol–water partition coefficient (Wildman–Crippen LogP) is 3.71. The van der Waals surface area contributed by atoms with Crippen LogP contribution in [0.3, 0.4) is 0 Å². The van der Waals surface area contributed by atoms with Crippen LogP contribution >= 0.6 is 0 Å². The number of rotatable bonds is 6. The molecule has 1 aromatic carbocycles. The number of carbonyl (C=O) groups is 1. The van der Waals surface area contributed by atoms with Gasteiger partial charge in [-0.3, -0.25) is 9.78 Å². The Morgan fingerprint density at radius 2 is 2.03 bits per heavy atom. The zero-order valence-electron chi connectivity index (χ0n) is 17.9. The van der Waals surface area contributed by atoms with Gasteiger partial charge in [0.15, 0.2) is 11.5 Å². The number of amides is 1. The van der Waals surface area contributed by atoms with Gasteiger partial charge in [-0.15, -0.1) is 15.3 Å². The highest BCUT2D eigenvalue weighted by molar-refractivity contribution is 5.97. The fraction of sp³-hybridized carbons (Fsp3) is 0.208. The van der Waals surface area contributed by atoms with Gasteiger partial charge in [-0.25, -0.2) is 0 Å². The molecule has 1 saturated carbocycles. The summed E-state index contributed by atoms with van der Waals surface area (Å²) in [6, 6.07) is 13.5. The van der Waals surface area contributed by atoms with Crippen LogP contribution in [0.15, 0.2) is 59.3 Å². The standard InChI is InChI=1S/C24H20N6O3/c1-14-10-16(12-32-14)21-27-28-22-19-4-2-3-5-20(19)24(29-30(21)22)33-13-18-7-6-15(11-25-18)23(31)26-17-8-9-17/h2-7,10-12,17H,8-9,13H2,1H3,(H,26,31). The molecule has 6 rings (SSSR count). The van der Waals surface area contributed by atoms with E-state index < -0.39 is 0 Å². The molecule has 0 aliphatic heterocycles. The first-order valence-electron chi connectivity index (χ1n) is 10.7. The average molecular weight is 440 g/mol. The molecule has 0 atom stereocenters. The van der Waals surface area contributed by atoms with E-state index in [1.807, 2.05) is 37.3 Å². The number of fused-ring (bicyclic) bond motifs is 3. The van der Waals surface area contributed by atoms with Gasteiger partial charge in [0.2, 0.25) is 5.88 Å². The minimum Gasteiger partial charge on any atom is -0.470 e. The Labute approximate surface area is 188 Å². The molecule has 4 heterocycles. The van der Waals surface area contributed by atoms with Crippen molar-refractivity contribution in [3.8, 4) is 17.3 Å². The molecule has 1 fully saturated rings. The zero-order valence-corrected chi connectivity index (χ0v) is 17.9. The molecule has 1 amide bonds. The molecule has 0 saturated heterocycles. The molecule has 164 valence electrons. The average Bonchev–Trinajstić information content (AvgIpc) is 3.38. The van der Waals surface area contributed by atoms with Crippen molar-refractivity contribution in [2.45, 2.75) is 32.4 Å². The van der Waals surface area contributed by atoms with E-state index in [-0.39, 0.29) is 12.5 Å². The van der Waals surface area contributed by atoms with Crippen LogP contribution in [0.4, 0.5) is 0 Å². The first kappa shape index (κ1) is 19.4. The number of ether oxygens (including phenoxy) is 1. The van der Waals surface area contributed by atoms with Gasteiger partial charge < -0.3 is 14.5 Å². The lowest BCUT2D eigenvalue weighted by molar-refractivity contribution is 0.0950. The van der Waals surface area contributed by atoms with E-state index in [0.29, 0.717) is 34.7 Å². The largest absolute Gasteiger partial charge is 0.470 e. The number of hydrogen-bond acceptors (Lipinski definition) is 7. The van der Waals surface area contributed by atoms with Crippen LogP contribution in [0.5, 0.6) is 5.88 Å². The topological polar surface area (TPSA) is 107 Å². The third-order valence-corrected chi connectivity index (χ3v) is 5.57. The SMILES string of the molecule is Cc1cc(-c2nnc3c4ccccc4c(OCc4ccc(C(=O)NC5CC5)cn4)nn23)co1. The summed E-state index contributed by atoms with van der Waals surface area (Å²) in [6.45, 7) is 2.08. The van der Waals surface area contributed by atoms with Gasteiger partial charge in [0.1, 0.15) is 18.6 Å². The monoisotopic (exact) mass is 440 g/mol. The molecule has 1 N–H and O–H groups in total. The molecule has 1 aliphatic rings. The highest BCUT2D eigenvalue weighted by atomic mass is 16.5. The number of benzene rings is 1. The van der Waals surface area contributed by atoms with E-state index in [1.54, 1.807) is 29.1 Å². The molecule has 33 heavy (non-hydrogen) atoms.